The number of hydrogen-bond acceptors (Lipinski definition) is 2. The number of anilines is 2. The largest absolute Gasteiger partial charge is 0.394 e. The van der Waals surface area contributed by atoms with Crippen LogP contribution in [0.5, 0.6) is 0 Å². The molecule has 0 saturated heterocycles. The first-order chi connectivity index (χ1) is 14.4. The molecular weight excluding hydrogens is 364 g/mol. The number of aryl methyl sites for hydroxylation is 1. The normalized spacial score (nSPS) is 10.7. The molecule has 0 bridgehead atoms. The minimum absolute atomic E-state index is 0.106. The zero-order chi connectivity index (χ0) is 22.7. The lowest BCUT2D eigenvalue weighted by Crippen LogP contribution is -2.11. The summed E-state index contributed by atoms with van der Waals surface area (Å²) in [6, 6.07) is 19.4. The van der Waals surface area contributed by atoms with Gasteiger partial charge in [-0.1, -0.05) is 90.9 Å². The van der Waals surface area contributed by atoms with Crippen molar-refractivity contribution in [3.05, 3.63) is 77.5 Å². The summed E-state index contributed by atoms with van der Waals surface area (Å²) in [6.45, 7) is 16.9. The Bertz CT molecular complexity index is 947. The third-order valence-corrected chi connectivity index (χ3v) is 4.74. The Morgan fingerprint density at radius 1 is 0.733 bits per heavy atom. The van der Waals surface area contributed by atoms with Gasteiger partial charge in [0.05, 0.1) is 0 Å². The highest BCUT2D eigenvalue weighted by molar-refractivity contribution is 5.98. The van der Waals surface area contributed by atoms with Crippen LogP contribution in [-0.2, 0) is 5.41 Å². The van der Waals surface area contributed by atoms with Crippen molar-refractivity contribution in [3.63, 3.8) is 0 Å². The molecule has 0 aliphatic carbocycles. The third kappa shape index (κ3) is 6.13. The number of rotatable bonds is 4. The quantitative estimate of drug-likeness (QED) is 0.456. The van der Waals surface area contributed by atoms with Gasteiger partial charge in [-0.25, -0.2) is 0 Å². The van der Waals surface area contributed by atoms with E-state index in [2.05, 4.69) is 99.0 Å². The van der Waals surface area contributed by atoms with Crippen LogP contribution in [0.3, 0.4) is 0 Å². The number of para-hydroxylation sites is 1. The van der Waals surface area contributed by atoms with E-state index in [1.165, 1.54) is 27.5 Å². The summed E-state index contributed by atoms with van der Waals surface area (Å²) in [5, 5.41) is 9.32. The molecule has 30 heavy (non-hydrogen) atoms. The Labute approximate surface area is 184 Å². The second-order valence-corrected chi connectivity index (χ2v) is 7.74. The Morgan fingerprint density at radius 3 is 2.00 bits per heavy atom. The highest BCUT2D eigenvalue weighted by Gasteiger charge is 2.18. The minimum atomic E-state index is 0.106. The second-order valence-electron chi connectivity index (χ2n) is 7.74. The third-order valence-electron chi connectivity index (χ3n) is 4.74. The van der Waals surface area contributed by atoms with E-state index in [0.29, 0.717) is 0 Å². The Kier molecular flexibility index (Phi) is 10.2. The summed E-state index contributed by atoms with van der Waals surface area (Å²) >= 11 is 0. The standard InChI is InChI=1S/C24H28N2.2C2H6/c1-17-9-6-7-12-22(17)26-23-14-13-19-18(20(23)15-16-25-5)10-8-11-21(19)24(2,3)4;2*1-2/h6-16,25-26H,1-5H3;2*1-2H3/b16-15-;;. The first-order valence-electron chi connectivity index (χ1n) is 11.1. The molecule has 0 fully saturated rings. The van der Waals surface area contributed by atoms with Crippen LogP contribution in [0.1, 0.15) is 65.2 Å². The fourth-order valence-corrected chi connectivity index (χ4v) is 3.35. The van der Waals surface area contributed by atoms with Crippen molar-refractivity contribution in [3.8, 4) is 0 Å². The predicted octanol–water partition coefficient (Wildman–Crippen LogP) is 8.43. The zero-order valence-corrected chi connectivity index (χ0v) is 20.4. The van der Waals surface area contributed by atoms with Crippen LogP contribution >= 0.6 is 0 Å². The molecule has 2 heteroatoms. The van der Waals surface area contributed by atoms with Gasteiger partial charge in [-0.05, 0) is 58.6 Å². The zero-order valence-electron chi connectivity index (χ0n) is 20.4. The molecule has 2 N–H and O–H groups in total. The minimum Gasteiger partial charge on any atom is -0.394 e. The Morgan fingerprint density at radius 2 is 1.40 bits per heavy atom. The first-order valence-corrected chi connectivity index (χ1v) is 11.1. The second kappa shape index (κ2) is 12.1. The van der Waals surface area contributed by atoms with E-state index >= 15 is 0 Å². The molecule has 0 amide bonds. The lowest BCUT2D eigenvalue weighted by atomic mass is 9.83. The summed E-state index contributed by atoms with van der Waals surface area (Å²) < 4.78 is 0. The molecule has 162 valence electrons. The molecule has 2 nitrogen and oxygen atoms in total. The van der Waals surface area contributed by atoms with E-state index in [1.54, 1.807) is 0 Å². The van der Waals surface area contributed by atoms with E-state index in [0.717, 1.165) is 11.4 Å². The molecule has 0 aliphatic rings. The monoisotopic (exact) mass is 404 g/mol. The van der Waals surface area contributed by atoms with E-state index in [9.17, 15) is 0 Å². The van der Waals surface area contributed by atoms with Gasteiger partial charge in [0.15, 0.2) is 0 Å². The number of hydrogen-bond donors (Lipinski definition) is 2. The van der Waals surface area contributed by atoms with E-state index in [-0.39, 0.29) is 5.41 Å². The van der Waals surface area contributed by atoms with Gasteiger partial charge < -0.3 is 10.6 Å². The summed E-state index contributed by atoms with van der Waals surface area (Å²) in [5.74, 6) is 0. The van der Waals surface area contributed by atoms with Gasteiger partial charge in [-0.2, -0.15) is 0 Å². The van der Waals surface area contributed by atoms with Crippen LogP contribution in [0.4, 0.5) is 11.4 Å². The summed E-state index contributed by atoms with van der Waals surface area (Å²) in [5.41, 5.74) is 6.17. The van der Waals surface area contributed by atoms with Crippen molar-refractivity contribution in [2.75, 3.05) is 12.4 Å². The topological polar surface area (TPSA) is 24.1 Å². The molecule has 0 aliphatic heterocycles. The maximum Gasteiger partial charge on any atom is 0.0464 e. The molecule has 0 spiro atoms. The van der Waals surface area contributed by atoms with Crippen LogP contribution in [0.15, 0.2) is 60.8 Å². The molecule has 0 aromatic heterocycles. The average molecular weight is 405 g/mol. The van der Waals surface area contributed by atoms with Crippen molar-refractivity contribution in [1.82, 2.24) is 5.32 Å². The molecule has 0 atom stereocenters. The number of nitrogens with one attached hydrogen (secondary N) is 2. The van der Waals surface area contributed by atoms with Crippen molar-refractivity contribution >= 4 is 28.2 Å². The molecule has 0 unspecified atom stereocenters. The molecule has 3 aromatic carbocycles. The number of fused-ring (bicyclic) bond motifs is 1. The maximum atomic E-state index is 3.62. The van der Waals surface area contributed by atoms with Gasteiger partial charge >= 0.3 is 0 Å². The van der Waals surface area contributed by atoms with Crippen LogP contribution in [0.2, 0.25) is 0 Å². The summed E-state index contributed by atoms with van der Waals surface area (Å²) in [6.07, 6.45) is 4.14. The molecule has 0 heterocycles. The molecular formula is C28H40N2. The van der Waals surface area contributed by atoms with Crippen LogP contribution < -0.4 is 10.6 Å². The fraction of sp³-hybridized carbons (Fsp3) is 0.357. The highest BCUT2D eigenvalue weighted by Crippen LogP contribution is 2.36. The van der Waals surface area contributed by atoms with Crippen LogP contribution in [0, 0.1) is 6.92 Å². The molecule has 3 rings (SSSR count). The van der Waals surface area contributed by atoms with E-state index < -0.39 is 0 Å². The van der Waals surface area contributed by atoms with Gasteiger partial charge in [0.25, 0.3) is 0 Å². The van der Waals surface area contributed by atoms with E-state index in [4.69, 9.17) is 0 Å². The SMILES string of the molecule is CC.CC.CN/C=C\c1c(Nc2ccccc2C)ccc2c(C(C)(C)C)cccc12. The summed E-state index contributed by atoms with van der Waals surface area (Å²) in [4.78, 5) is 0. The lowest BCUT2D eigenvalue weighted by Gasteiger charge is -2.23. The van der Waals surface area contributed by atoms with Gasteiger partial charge in [-0.15, -0.1) is 0 Å². The average Bonchev–Trinajstić information content (AvgIpc) is 2.76. The summed E-state index contributed by atoms with van der Waals surface area (Å²) in [7, 11) is 1.93. The Hall–Kier alpha value is -2.74. The molecule has 0 saturated carbocycles. The highest BCUT2D eigenvalue weighted by atomic mass is 14.9. The van der Waals surface area contributed by atoms with Gasteiger partial charge in [0.2, 0.25) is 0 Å². The fourth-order valence-electron chi connectivity index (χ4n) is 3.35. The van der Waals surface area contributed by atoms with Gasteiger partial charge in [0, 0.05) is 24.0 Å². The maximum absolute atomic E-state index is 3.62. The molecule has 0 radical (unpaired) electrons. The van der Waals surface area contributed by atoms with Crippen LogP contribution in [0.25, 0.3) is 16.8 Å². The predicted molar refractivity (Wildman–Crippen MR) is 138 cm³/mol. The van der Waals surface area contributed by atoms with Crippen LogP contribution in [-0.4, -0.2) is 7.05 Å². The number of benzene rings is 3. The van der Waals surface area contributed by atoms with Crippen molar-refractivity contribution in [2.45, 2.75) is 60.8 Å². The van der Waals surface area contributed by atoms with Crippen molar-refractivity contribution in [2.24, 2.45) is 0 Å². The van der Waals surface area contributed by atoms with E-state index in [1.807, 2.05) is 40.9 Å². The van der Waals surface area contributed by atoms with Gasteiger partial charge in [-0.3, -0.25) is 0 Å². The van der Waals surface area contributed by atoms with Crippen molar-refractivity contribution < 1.29 is 0 Å². The smallest absolute Gasteiger partial charge is 0.0464 e. The van der Waals surface area contributed by atoms with Crippen molar-refractivity contribution in [1.29, 1.82) is 0 Å². The van der Waals surface area contributed by atoms with Gasteiger partial charge in [0.1, 0.15) is 0 Å². The Balaban J connectivity index is 0.00000106. The first kappa shape index (κ1) is 25.3. The lowest BCUT2D eigenvalue weighted by molar-refractivity contribution is 0.596. The molecule has 3 aromatic rings.